The van der Waals surface area contributed by atoms with Crippen molar-refractivity contribution in [1.82, 2.24) is 4.90 Å². The molecule has 1 saturated heterocycles. The smallest absolute Gasteiger partial charge is 0.416 e. The van der Waals surface area contributed by atoms with Crippen LogP contribution in [0, 0.1) is 0 Å². The molecular weight excluding hydrogens is 573 g/mol. The molecule has 4 rings (SSSR count). The van der Waals surface area contributed by atoms with Crippen molar-refractivity contribution in [3.63, 3.8) is 0 Å². The Kier molecular flexibility index (Phi) is 10.3. The fraction of sp³-hybridized carbons (Fsp3) is 0.382. The van der Waals surface area contributed by atoms with Gasteiger partial charge in [0.25, 0.3) is 11.8 Å². The minimum Gasteiger partial charge on any atom is -0.497 e. The Balaban J connectivity index is 1.84. The third kappa shape index (κ3) is 6.74. The molecule has 0 radical (unpaired) electrons. The number of hydrogen-bond acceptors (Lipinski definition) is 5. The van der Waals surface area contributed by atoms with Crippen molar-refractivity contribution in [2.45, 2.75) is 70.0 Å². The second-order valence-electron chi connectivity index (χ2n) is 10.9. The summed E-state index contributed by atoms with van der Waals surface area (Å²) in [6.07, 6.45) is 0.587. The highest BCUT2D eigenvalue weighted by Gasteiger charge is 2.58. The molecule has 1 aliphatic rings. The first kappa shape index (κ1) is 32.6. The van der Waals surface area contributed by atoms with Gasteiger partial charge in [-0.1, -0.05) is 69.7 Å². The molecule has 0 aliphatic carbocycles. The Hall–Kier alpha value is -4.34. The van der Waals surface area contributed by atoms with Crippen LogP contribution in [0.5, 0.6) is 11.5 Å². The molecule has 1 unspecified atom stereocenters. The van der Waals surface area contributed by atoms with E-state index in [9.17, 15) is 27.6 Å². The van der Waals surface area contributed by atoms with E-state index in [-0.39, 0.29) is 24.2 Å². The monoisotopic (exact) mass is 610 g/mol. The molecule has 0 spiro atoms. The molecular formula is C34H37F3N2O5. The Morgan fingerprint density at radius 3 is 1.80 bits per heavy atom. The quantitative estimate of drug-likeness (QED) is 0.145. The van der Waals surface area contributed by atoms with Gasteiger partial charge < -0.3 is 9.47 Å². The highest BCUT2D eigenvalue weighted by atomic mass is 19.4. The van der Waals surface area contributed by atoms with Gasteiger partial charge in [0.1, 0.15) is 11.5 Å². The topological polar surface area (TPSA) is 76.2 Å². The number of benzene rings is 3. The molecule has 1 fully saturated rings. The van der Waals surface area contributed by atoms with Crippen LogP contribution in [-0.2, 0) is 27.7 Å². The summed E-state index contributed by atoms with van der Waals surface area (Å²) in [7, 11) is 3.00. The van der Waals surface area contributed by atoms with Crippen molar-refractivity contribution < 1.29 is 37.0 Å². The lowest BCUT2D eigenvalue weighted by Gasteiger charge is -2.44. The number of ether oxygens (including phenoxy) is 2. The van der Waals surface area contributed by atoms with Gasteiger partial charge in [0.05, 0.1) is 32.0 Å². The molecule has 3 aromatic carbocycles. The van der Waals surface area contributed by atoms with Gasteiger partial charge in [-0.05, 0) is 66.1 Å². The van der Waals surface area contributed by atoms with Crippen molar-refractivity contribution in [2.75, 3.05) is 19.1 Å². The highest BCUT2D eigenvalue weighted by molar-refractivity contribution is 6.32. The Morgan fingerprint density at radius 2 is 1.25 bits per heavy atom. The summed E-state index contributed by atoms with van der Waals surface area (Å²) >= 11 is 0. The molecule has 4 amide bonds. The van der Waals surface area contributed by atoms with Crippen molar-refractivity contribution in [3.8, 4) is 11.5 Å². The molecule has 234 valence electrons. The van der Waals surface area contributed by atoms with Gasteiger partial charge in [-0.2, -0.15) is 13.2 Å². The number of anilines is 1. The van der Waals surface area contributed by atoms with Crippen LogP contribution in [-0.4, -0.2) is 37.0 Å². The van der Waals surface area contributed by atoms with Gasteiger partial charge in [0.2, 0.25) is 0 Å². The van der Waals surface area contributed by atoms with Crippen molar-refractivity contribution in [2.24, 2.45) is 0 Å². The molecule has 0 bridgehead atoms. The predicted octanol–water partition coefficient (Wildman–Crippen LogP) is 7.91. The predicted molar refractivity (Wildman–Crippen MR) is 161 cm³/mol. The number of carbonyl (C=O) groups excluding carboxylic acids is 3. The molecule has 44 heavy (non-hydrogen) atoms. The number of carbonyl (C=O) groups is 3. The number of amides is 4. The van der Waals surface area contributed by atoms with E-state index in [1.54, 1.807) is 36.4 Å². The molecule has 0 aromatic heterocycles. The minimum atomic E-state index is -4.60. The molecule has 7 nitrogen and oxygen atoms in total. The van der Waals surface area contributed by atoms with E-state index in [4.69, 9.17) is 9.47 Å². The summed E-state index contributed by atoms with van der Waals surface area (Å²) in [6.45, 7) is 1.95. The Labute approximate surface area is 255 Å². The summed E-state index contributed by atoms with van der Waals surface area (Å²) < 4.78 is 51.0. The average molecular weight is 611 g/mol. The summed E-state index contributed by atoms with van der Waals surface area (Å²) in [4.78, 5) is 45.0. The van der Waals surface area contributed by atoms with E-state index in [0.29, 0.717) is 23.5 Å². The molecule has 1 atom stereocenters. The number of nitrogens with zero attached hydrogens (tertiary/aromatic N) is 2. The molecule has 1 aliphatic heterocycles. The van der Waals surface area contributed by atoms with E-state index in [0.717, 1.165) is 54.0 Å². The van der Waals surface area contributed by atoms with Crippen LogP contribution < -0.4 is 14.4 Å². The van der Waals surface area contributed by atoms with Crippen LogP contribution in [0.1, 0.15) is 68.6 Å². The number of urea groups is 1. The van der Waals surface area contributed by atoms with E-state index >= 15 is 0 Å². The number of halogens is 3. The Bertz CT molecular complexity index is 1440. The largest absolute Gasteiger partial charge is 0.497 e. The van der Waals surface area contributed by atoms with Gasteiger partial charge in [0.15, 0.2) is 5.41 Å². The summed E-state index contributed by atoms with van der Waals surface area (Å²) in [5, 5.41) is 0. The molecule has 0 N–H and O–H groups in total. The van der Waals surface area contributed by atoms with Gasteiger partial charge in [-0.15, -0.1) is 0 Å². The lowest BCUT2D eigenvalue weighted by molar-refractivity contribution is -0.144. The van der Waals surface area contributed by atoms with Crippen LogP contribution in [0.15, 0.2) is 72.8 Å². The number of unbranched alkanes of at least 4 members (excludes halogenated alkanes) is 5. The summed E-state index contributed by atoms with van der Waals surface area (Å²) in [6, 6.07) is 16.3. The van der Waals surface area contributed by atoms with Gasteiger partial charge in [-0.3, -0.25) is 14.5 Å². The number of rotatable bonds is 13. The summed E-state index contributed by atoms with van der Waals surface area (Å²) in [5.74, 6) is -0.474. The molecule has 1 heterocycles. The second-order valence-corrected chi connectivity index (χ2v) is 10.9. The molecule has 0 saturated carbocycles. The molecule has 10 heteroatoms. The zero-order chi connectivity index (χ0) is 31.9. The first-order chi connectivity index (χ1) is 21.1. The van der Waals surface area contributed by atoms with Crippen molar-refractivity contribution in [3.05, 3.63) is 89.5 Å². The van der Waals surface area contributed by atoms with Crippen LogP contribution in [0.3, 0.4) is 0 Å². The standard InChI is InChI=1S/C34H37F3N2O5/c1-4-5-6-7-8-9-22-33(25-12-14-26(15-13-25)34(35,36)37)30(40)38(23-24-10-18-28(43-2)19-11-24)32(42)39(31(33)41)27-16-20-29(44-3)21-17-27/h10-21H,4-9,22-23H2,1-3H3. The maximum atomic E-state index is 14.5. The Morgan fingerprint density at radius 1 is 0.705 bits per heavy atom. The first-order valence-corrected chi connectivity index (χ1v) is 14.7. The SMILES string of the molecule is CCCCCCCCC1(c2ccc(C(F)(F)F)cc2)C(=O)N(Cc2ccc(OC)cc2)C(=O)N(c2ccc(OC)cc2)C1=O. The highest BCUT2D eigenvalue weighted by Crippen LogP contribution is 2.42. The molecule has 3 aromatic rings. The zero-order valence-electron chi connectivity index (χ0n) is 25.2. The van der Waals surface area contributed by atoms with E-state index in [1.807, 2.05) is 0 Å². The third-order valence-electron chi connectivity index (χ3n) is 8.04. The van der Waals surface area contributed by atoms with Crippen LogP contribution in [0.4, 0.5) is 23.7 Å². The number of hydrogen-bond donors (Lipinski definition) is 0. The van der Waals surface area contributed by atoms with E-state index in [1.165, 1.54) is 38.5 Å². The van der Waals surface area contributed by atoms with Gasteiger partial charge >= 0.3 is 12.2 Å². The van der Waals surface area contributed by atoms with E-state index < -0.39 is 35.0 Å². The zero-order valence-corrected chi connectivity index (χ0v) is 25.2. The third-order valence-corrected chi connectivity index (χ3v) is 8.04. The van der Waals surface area contributed by atoms with Gasteiger partial charge in [-0.25, -0.2) is 9.69 Å². The van der Waals surface area contributed by atoms with Crippen molar-refractivity contribution >= 4 is 23.5 Å². The maximum Gasteiger partial charge on any atom is 0.416 e. The maximum absolute atomic E-state index is 14.5. The van der Waals surface area contributed by atoms with Crippen LogP contribution in [0.2, 0.25) is 0 Å². The van der Waals surface area contributed by atoms with Gasteiger partial charge in [0, 0.05) is 0 Å². The van der Waals surface area contributed by atoms with E-state index in [2.05, 4.69) is 6.92 Å². The number of methoxy groups -OCH3 is 2. The first-order valence-electron chi connectivity index (χ1n) is 14.7. The summed E-state index contributed by atoms with van der Waals surface area (Å²) in [5.41, 5.74) is -1.89. The lowest BCUT2D eigenvalue weighted by atomic mass is 9.72. The fourth-order valence-corrected chi connectivity index (χ4v) is 5.54. The second kappa shape index (κ2) is 14.0. The lowest BCUT2D eigenvalue weighted by Crippen LogP contribution is -2.67. The number of barbiturate groups is 1. The normalized spacial score (nSPS) is 17.3. The number of alkyl halides is 3. The van der Waals surface area contributed by atoms with Crippen LogP contribution in [0.25, 0.3) is 0 Å². The van der Waals surface area contributed by atoms with Crippen molar-refractivity contribution in [1.29, 1.82) is 0 Å². The fourth-order valence-electron chi connectivity index (χ4n) is 5.54. The van der Waals surface area contributed by atoms with Crippen LogP contribution >= 0.6 is 0 Å². The number of imide groups is 2. The minimum absolute atomic E-state index is 0.0290. The average Bonchev–Trinajstić information content (AvgIpc) is 3.03.